The minimum absolute atomic E-state index is 0.0379. The number of ether oxygens (including phenoxy) is 1. The van der Waals surface area contributed by atoms with Gasteiger partial charge in [0.1, 0.15) is 0 Å². The summed E-state index contributed by atoms with van der Waals surface area (Å²) in [6, 6.07) is 2.90. The Labute approximate surface area is 131 Å². The molecule has 5 nitrogen and oxygen atoms in total. The quantitative estimate of drug-likeness (QED) is 0.812. The lowest BCUT2D eigenvalue weighted by Gasteiger charge is -2.21. The van der Waals surface area contributed by atoms with Crippen LogP contribution in [0.25, 0.3) is 0 Å². The number of carbonyl (C=O) groups excluding carboxylic acids is 1. The van der Waals surface area contributed by atoms with E-state index in [-0.39, 0.29) is 16.8 Å². The Kier molecular flexibility index (Phi) is 4.44. The smallest absolute Gasteiger partial charge is 0.430 e. The standard InChI is InChI=1S/C15H16F3N3O2/c1-8-5-6-11(7-19-8)14(22)23-13(15(16,17)18)12-9(2)20-21(4)10(12)3/h5-7,13H,1-4H3/t13-/m1/s1. The average molecular weight is 327 g/mol. The van der Waals surface area contributed by atoms with Crippen molar-refractivity contribution < 1.29 is 22.7 Å². The Morgan fingerprint density at radius 1 is 1.26 bits per heavy atom. The molecule has 1 atom stereocenters. The topological polar surface area (TPSA) is 57.0 Å². The van der Waals surface area contributed by atoms with Crippen molar-refractivity contribution >= 4 is 5.97 Å². The second kappa shape index (κ2) is 6.02. The lowest BCUT2D eigenvalue weighted by atomic mass is 10.1. The number of pyridine rings is 1. The number of hydrogen-bond acceptors (Lipinski definition) is 4. The third kappa shape index (κ3) is 3.52. The highest BCUT2D eigenvalue weighted by molar-refractivity contribution is 5.89. The van der Waals surface area contributed by atoms with Crippen molar-refractivity contribution in [3.05, 3.63) is 46.5 Å². The van der Waals surface area contributed by atoms with Crippen LogP contribution in [-0.4, -0.2) is 26.9 Å². The molecule has 124 valence electrons. The number of esters is 1. The molecule has 2 aromatic heterocycles. The summed E-state index contributed by atoms with van der Waals surface area (Å²) in [5, 5.41) is 3.95. The maximum Gasteiger partial charge on any atom is 0.430 e. The maximum absolute atomic E-state index is 13.4. The molecule has 0 N–H and O–H groups in total. The van der Waals surface area contributed by atoms with E-state index in [2.05, 4.69) is 10.1 Å². The molecule has 0 aliphatic heterocycles. The number of nitrogens with zero attached hydrogens (tertiary/aromatic N) is 3. The first-order valence-electron chi connectivity index (χ1n) is 6.81. The Morgan fingerprint density at radius 2 is 1.91 bits per heavy atom. The summed E-state index contributed by atoms with van der Waals surface area (Å²) < 4.78 is 46.2. The summed E-state index contributed by atoms with van der Waals surface area (Å²) in [5.41, 5.74) is 0.923. The maximum atomic E-state index is 13.4. The number of hydrogen-bond donors (Lipinski definition) is 0. The van der Waals surface area contributed by atoms with Gasteiger partial charge >= 0.3 is 12.1 Å². The molecular formula is C15H16F3N3O2. The third-order valence-electron chi connectivity index (χ3n) is 3.50. The number of halogens is 3. The van der Waals surface area contributed by atoms with E-state index in [1.165, 1.54) is 43.9 Å². The Balaban J connectivity index is 2.37. The van der Waals surface area contributed by atoms with Crippen molar-refractivity contribution in [2.24, 2.45) is 7.05 Å². The molecule has 2 heterocycles. The molecule has 0 amide bonds. The fourth-order valence-electron chi connectivity index (χ4n) is 2.22. The highest BCUT2D eigenvalue weighted by Gasteiger charge is 2.46. The molecule has 0 aliphatic carbocycles. The van der Waals surface area contributed by atoms with Gasteiger partial charge in [-0.3, -0.25) is 9.67 Å². The fraction of sp³-hybridized carbons (Fsp3) is 0.400. The monoisotopic (exact) mass is 327 g/mol. The van der Waals surface area contributed by atoms with Gasteiger partial charge in [-0.1, -0.05) is 0 Å². The molecular weight excluding hydrogens is 311 g/mol. The van der Waals surface area contributed by atoms with Crippen LogP contribution in [0.3, 0.4) is 0 Å². The first-order chi connectivity index (χ1) is 10.6. The van der Waals surface area contributed by atoms with Crippen molar-refractivity contribution in [1.29, 1.82) is 0 Å². The number of alkyl halides is 3. The van der Waals surface area contributed by atoms with E-state index < -0.39 is 18.2 Å². The van der Waals surface area contributed by atoms with E-state index in [4.69, 9.17) is 4.74 Å². The van der Waals surface area contributed by atoms with Gasteiger partial charge in [-0.05, 0) is 32.9 Å². The predicted molar refractivity (Wildman–Crippen MR) is 75.9 cm³/mol. The van der Waals surface area contributed by atoms with E-state index in [1.54, 1.807) is 6.92 Å². The van der Waals surface area contributed by atoms with Gasteiger partial charge in [-0.25, -0.2) is 4.79 Å². The van der Waals surface area contributed by atoms with Crippen molar-refractivity contribution in [3.63, 3.8) is 0 Å². The normalized spacial score (nSPS) is 13.0. The minimum atomic E-state index is -4.74. The van der Waals surface area contributed by atoms with Gasteiger partial charge in [-0.15, -0.1) is 0 Å². The van der Waals surface area contributed by atoms with E-state index >= 15 is 0 Å². The lowest BCUT2D eigenvalue weighted by molar-refractivity contribution is -0.207. The van der Waals surface area contributed by atoms with Crippen molar-refractivity contribution in [1.82, 2.24) is 14.8 Å². The average Bonchev–Trinajstić information content (AvgIpc) is 2.69. The SMILES string of the molecule is Cc1ccc(C(=O)O[C@H](c2c(C)nn(C)c2C)C(F)(F)F)cn1. The summed E-state index contributed by atoms with van der Waals surface area (Å²) in [5.74, 6) is -1.08. The second-order valence-corrected chi connectivity index (χ2v) is 5.22. The van der Waals surface area contributed by atoms with Crippen molar-refractivity contribution in [3.8, 4) is 0 Å². The highest BCUT2D eigenvalue weighted by atomic mass is 19.4. The molecule has 8 heteroatoms. The van der Waals surface area contributed by atoms with Gasteiger partial charge in [0.05, 0.1) is 11.3 Å². The number of aromatic nitrogens is 3. The van der Waals surface area contributed by atoms with E-state index in [1.807, 2.05) is 0 Å². The van der Waals surface area contributed by atoms with Crippen LogP contribution in [0.4, 0.5) is 13.2 Å². The van der Waals surface area contributed by atoms with Gasteiger partial charge in [0, 0.05) is 30.2 Å². The van der Waals surface area contributed by atoms with Crippen LogP contribution in [0.5, 0.6) is 0 Å². The summed E-state index contributed by atoms with van der Waals surface area (Å²) in [7, 11) is 1.53. The molecule has 0 saturated carbocycles. The Morgan fingerprint density at radius 3 is 2.35 bits per heavy atom. The van der Waals surface area contributed by atoms with Crippen LogP contribution < -0.4 is 0 Å². The van der Waals surface area contributed by atoms with E-state index in [0.717, 1.165) is 0 Å². The van der Waals surface area contributed by atoms with Crippen molar-refractivity contribution in [2.75, 3.05) is 0 Å². The molecule has 0 unspecified atom stereocenters. The number of carbonyl (C=O) groups is 1. The fourth-order valence-corrected chi connectivity index (χ4v) is 2.22. The molecule has 0 aliphatic rings. The predicted octanol–water partition coefficient (Wildman–Crippen LogP) is 3.20. The molecule has 0 radical (unpaired) electrons. The third-order valence-corrected chi connectivity index (χ3v) is 3.50. The largest absolute Gasteiger partial charge is 0.444 e. The zero-order valence-electron chi connectivity index (χ0n) is 13.1. The zero-order valence-corrected chi connectivity index (χ0v) is 13.1. The zero-order chi connectivity index (χ0) is 17.4. The van der Waals surface area contributed by atoms with Crippen LogP contribution in [0.15, 0.2) is 18.3 Å². The molecule has 0 spiro atoms. The van der Waals surface area contributed by atoms with Gasteiger partial charge in [0.15, 0.2) is 0 Å². The van der Waals surface area contributed by atoms with Crippen molar-refractivity contribution in [2.45, 2.75) is 33.1 Å². The molecule has 2 rings (SSSR count). The first kappa shape index (κ1) is 17.0. The highest BCUT2D eigenvalue weighted by Crippen LogP contribution is 2.39. The Hall–Kier alpha value is -2.38. The first-order valence-corrected chi connectivity index (χ1v) is 6.81. The summed E-state index contributed by atoms with van der Waals surface area (Å²) >= 11 is 0. The molecule has 0 bridgehead atoms. The second-order valence-electron chi connectivity index (χ2n) is 5.22. The lowest BCUT2D eigenvalue weighted by Crippen LogP contribution is -2.27. The summed E-state index contributed by atoms with van der Waals surface area (Å²) in [6.45, 7) is 4.65. The van der Waals surface area contributed by atoms with Gasteiger partial charge < -0.3 is 4.74 Å². The summed E-state index contributed by atoms with van der Waals surface area (Å²) in [6.07, 6.45) is -5.93. The Bertz CT molecular complexity index is 721. The molecule has 0 aromatic carbocycles. The van der Waals surface area contributed by atoms with E-state index in [9.17, 15) is 18.0 Å². The molecule has 0 fully saturated rings. The molecule has 2 aromatic rings. The van der Waals surface area contributed by atoms with Crippen LogP contribution in [0.1, 0.15) is 39.1 Å². The van der Waals surface area contributed by atoms with Gasteiger partial charge in [0.25, 0.3) is 0 Å². The van der Waals surface area contributed by atoms with E-state index in [0.29, 0.717) is 11.4 Å². The molecule has 0 saturated heterocycles. The van der Waals surface area contributed by atoms with Crippen LogP contribution in [-0.2, 0) is 11.8 Å². The van der Waals surface area contributed by atoms with Gasteiger partial charge in [0.2, 0.25) is 6.10 Å². The number of rotatable bonds is 3. The minimum Gasteiger partial charge on any atom is -0.444 e. The number of aryl methyl sites for hydroxylation is 3. The van der Waals surface area contributed by atoms with Gasteiger partial charge in [-0.2, -0.15) is 18.3 Å². The summed E-state index contributed by atoms with van der Waals surface area (Å²) in [4.78, 5) is 15.9. The van der Waals surface area contributed by atoms with Crippen LogP contribution in [0, 0.1) is 20.8 Å². The molecule has 23 heavy (non-hydrogen) atoms. The van der Waals surface area contributed by atoms with Crippen LogP contribution in [0.2, 0.25) is 0 Å². The van der Waals surface area contributed by atoms with Crippen LogP contribution >= 0.6 is 0 Å².